The van der Waals surface area contributed by atoms with E-state index >= 15 is 0 Å². The van der Waals surface area contributed by atoms with E-state index in [0.717, 1.165) is 0 Å². The molecule has 0 aliphatic heterocycles. The highest BCUT2D eigenvalue weighted by Gasteiger charge is 2.14. The van der Waals surface area contributed by atoms with Gasteiger partial charge in [-0.3, -0.25) is 4.79 Å². The summed E-state index contributed by atoms with van der Waals surface area (Å²) in [5, 5.41) is 0.360. The van der Waals surface area contributed by atoms with E-state index in [2.05, 4.69) is 4.74 Å². The molecule has 0 amide bonds. The van der Waals surface area contributed by atoms with Crippen LogP contribution in [0.15, 0.2) is 18.2 Å². The van der Waals surface area contributed by atoms with Gasteiger partial charge >= 0.3 is 11.9 Å². The first-order valence-corrected chi connectivity index (χ1v) is 6.56. The summed E-state index contributed by atoms with van der Waals surface area (Å²) >= 11 is 5.78. The first-order valence-electron chi connectivity index (χ1n) is 6.18. The van der Waals surface area contributed by atoms with E-state index in [1.54, 1.807) is 6.92 Å². The van der Waals surface area contributed by atoms with Crippen LogP contribution in [-0.2, 0) is 19.1 Å². The third-order valence-corrected chi connectivity index (χ3v) is 2.52. The van der Waals surface area contributed by atoms with Gasteiger partial charge in [-0.1, -0.05) is 11.6 Å². The number of hydrogen-bond acceptors (Lipinski definition) is 6. The Morgan fingerprint density at radius 2 is 1.81 bits per heavy atom. The summed E-state index contributed by atoms with van der Waals surface area (Å²) in [5.74, 6) is -1.49. The Kier molecular flexibility index (Phi) is 6.84. The third-order valence-electron chi connectivity index (χ3n) is 2.29. The van der Waals surface area contributed by atoms with Crippen LogP contribution in [0.4, 0.5) is 0 Å². The average Bonchev–Trinajstić information content (AvgIpc) is 2.41. The van der Waals surface area contributed by atoms with Crippen LogP contribution in [-0.4, -0.2) is 37.5 Å². The number of halogens is 1. The lowest BCUT2D eigenvalue weighted by Gasteiger charge is -2.09. The highest BCUT2D eigenvalue weighted by atomic mass is 35.5. The predicted octanol–water partition coefficient (Wildman–Crippen LogP) is 2.03. The van der Waals surface area contributed by atoms with Crippen molar-refractivity contribution in [3.05, 3.63) is 28.8 Å². The quantitative estimate of drug-likeness (QED) is 0.435. The minimum Gasteiger partial charge on any atom is -0.464 e. The van der Waals surface area contributed by atoms with E-state index in [9.17, 15) is 14.4 Å². The third kappa shape index (κ3) is 5.93. The zero-order valence-corrected chi connectivity index (χ0v) is 12.4. The maximum absolute atomic E-state index is 11.6. The standard InChI is InChI=1S/C14H15ClO6/c1-3-20-13(17)7-19-8-14(18)21-12-5-4-10(15)6-11(12)9(2)16/h4-6H,3,7-8H2,1-2H3. The largest absolute Gasteiger partial charge is 0.464 e. The average molecular weight is 315 g/mol. The van der Waals surface area contributed by atoms with E-state index < -0.39 is 18.5 Å². The molecule has 0 aromatic heterocycles. The molecule has 0 radical (unpaired) electrons. The SMILES string of the molecule is CCOC(=O)COCC(=O)Oc1ccc(Cl)cc1C(C)=O. The Morgan fingerprint density at radius 1 is 1.14 bits per heavy atom. The van der Waals surface area contributed by atoms with Gasteiger partial charge < -0.3 is 14.2 Å². The Bertz CT molecular complexity index is 540. The fourth-order valence-electron chi connectivity index (χ4n) is 1.44. The van der Waals surface area contributed by atoms with Gasteiger partial charge in [0, 0.05) is 5.02 Å². The number of benzene rings is 1. The fourth-order valence-corrected chi connectivity index (χ4v) is 1.61. The van der Waals surface area contributed by atoms with Gasteiger partial charge in [-0.25, -0.2) is 9.59 Å². The van der Waals surface area contributed by atoms with E-state index in [1.807, 2.05) is 0 Å². The molecule has 0 saturated heterocycles. The molecule has 6 nitrogen and oxygen atoms in total. The zero-order chi connectivity index (χ0) is 15.8. The molecular weight excluding hydrogens is 300 g/mol. The summed E-state index contributed by atoms with van der Waals surface area (Å²) < 4.78 is 14.5. The summed E-state index contributed by atoms with van der Waals surface area (Å²) in [5.41, 5.74) is 0.196. The van der Waals surface area contributed by atoms with Crippen molar-refractivity contribution in [2.45, 2.75) is 13.8 Å². The summed E-state index contributed by atoms with van der Waals surface area (Å²) in [6.45, 7) is 2.46. The molecule has 0 unspecified atom stereocenters. The Morgan fingerprint density at radius 3 is 2.43 bits per heavy atom. The van der Waals surface area contributed by atoms with Crippen LogP contribution >= 0.6 is 11.6 Å². The molecule has 1 aromatic rings. The second-order valence-corrected chi connectivity index (χ2v) is 4.40. The summed E-state index contributed by atoms with van der Waals surface area (Å²) in [6, 6.07) is 4.32. The summed E-state index contributed by atoms with van der Waals surface area (Å²) in [4.78, 5) is 34.0. The molecule has 0 atom stereocenters. The number of rotatable bonds is 7. The minimum absolute atomic E-state index is 0.0941. The predicted molar refractivity (Wildman–Crippen MR) is 74.5 cm³/mol. The van der Waals surface area contributed by atoms with Gasteiger partial charge in [0.15, 0.2) is 5.78 Å². The molecule has 0 aliphatic carbocycles. The van der Waals surface area contributed by atoms with Crippen LogP contribution in [0.1, 0.15) is 24.2 Å². The number of carbonyl (C=O) groups is 3. The van der Waals surface area contributed by atoms with Crippen molar-refractivity contribution in [1.29, 1.82) is 0 Å². The number of ether oxygens (including phenoxy) is 3. The molecule has 114 valence electrons. The molecule has 0 N–H and O–H groups in total. The number of ketones is 1. The molecule has 0 saturated carbocycles. The van der Waals surface area contributed by atoms with Gasteiger partial charge in [0.05, 0.1) is 12.2 Å². The lowest BCUT2D eigenvalue weighted by atomic mass is 10.1. The van der Waals surface area contributed by atoms with Crippen molar-refractivity contribution in [2.75, 3.05) is 19.8 Å². The lowest BCUT2D eigenvalue weighted by molar-refractivity contribution is -0.151. The zero-order valence-electron chi connectivity index (χ0n) is 11.7. The van der Waals surface area contributed by atoms with Gasteiger partial charge in [0.25, 0.3) is 0 Å². The van der Waals surface area contributed by atoms with Crippen molar-refractivity contribution < 1.29 is 28.6 Å². The first kappa shape index (κ1) is 17.1. The van der Waals surface area contributed by atoms with Crippen molar-refractivity contribution >= 4 is 29.3 Å². The topological polar surface area (TPSA) is 78.9 Å². The molecular formula is C14H15ClO6. The van der Waals surface area contributed by atoms with Crippen molar-refractivity contribution in [1.82, 2.24) is 0 Å². The highest BCUT2D eigenvalue weighted by Crippen LogP contribution is 2.23. The van der Waals surface area contributed by atoms with E-state index in [4.69, 9.17) is 21.1 Å². The van der Waals surface area contributed by atoms with Crippen LogP contribution in [0.3, 0.4) is 0 Å². The van der Waals surface area contributed by atoms with E-state index in [-0.39, 0.29) is 30.3 Å². The number of carbonyl (C=O) groups excluding carboxylic acids is 3. The molecule has 1 aromatic carbocycles. The number of hydrogen-bond donors (Lipinski definition) is 0. The normalized spacial score (nSPS) is 10.0. The van der Waals surface area contributed by atoms with E-state index in [0.29, 0.717) is 5.02 Å². The summed E-state index contributed by atoms with van der Waals surface area (Å²) in [6.07, 6.45) is 0. The van der Waals surface area contributed by atoms with Crippen LogP contribution < -0.4 is 4.74 Å². The van der Waals surface area contributed by atoms with Gasteiger partial charge in [0.2, 0.25) is 0 Å². The second kappa shape index (κ2) is 8.39. The van der Waals surface area contributed by atoms with Crippen molar-refractivity contribution in [3.63, 3.8) is 0 Å². The van der Waals surface area contributed by atoms with Crippen molar-refractivity contribution in [3.8, 4) is 5.75 Å². The number of Topliss-reactive ketones (excluding diaryl/α,β-unsaturated/α-hetero) is 1. The first-order chi connectivity index (χ1) is 9.93. The Labute approximate surface area is 126 Å². The summed E-state index contributed by atoms with van der Waals surface area (Å²) in [7, 11) is 0. The molecule has 21 heavy (non-hydrogen) atoms. The maximum atomic E-state index is 11.6. The van der Waals surface area contributed by atoms with Crippen LogP contribution in [0.5, 0.6) is 5.75 Å². The molecule has 0 fully saturated rings. The van der Waals surface area contributed by atoms with Crippen LogP contribution in [0, 0.1) is 0 Å². The Hall–Kier alpha value is -1.92. The second-order valence-electron chi connectivity index (χ2n) is 3.97. The molecule has 7 heteroatoms. The molecule has 1 rings (SSSR count). The van der Waals surface area contributed by atoms with Crippen LogP contribution in [0.2, 0.25) is 5.02 Å². The van der Waals surface area contributed by atoms with Gasteiger partial charge in [-0.2, -0.15) is 0 Å². The fraction of sp³-hybridized carbons (Fsp3) is 0.357. The number of esters is 2. The highest BCUT2D eigenvalue weighted by molar-refractivity contribution is 6.31. The molecule has 0 spiro atoms. The minimum atomic E-state index is -0.732. The molecule has 0 heterocycles. The van der Waals surface area contributed by atoms with Gasteiger partial charge in [0.1, 0.15) is 19.0 Å². The van der Waals surface area contributed by atoms with E-state index in [1.165, 1.54) is 25.1 Å². The van der Waals surface area contributed by atoms with Gasteiger partial charge in [-0.05, 0) is 32.0 Å². The Balaban J connectivity index is 2.55. The lowest BCUT2D eigenvalue weighted by Crippen LogP contribution is -2.20. The van der Waals surface area contributed by atoms with Crippen LogP contribution in [0.25, 0.3) is 0 Å². The maximum Gasteiger partial charge on any atom is 0.337 e. The smallest absolute Gasteiger partial charge is 0.337 e. The van der Waals surface area contributed by atoms with Gasteiger partial charge in [-0.15, -0.1) is 0 Å². The monoisotopic (exact) mass is 314 g/mol. The molecule has 0 aliphatic rings. The molecule has 0 bridgehead atoms. The van der Waals surface area contributed by atoms with Crippen molar-refractivity contribution in [2.24, 2.45) is 0 Å².